The molecule has 0 radical (unpaired) electrons. The van der Waals surface area contributed by atoms with E-state index in [2.05, 4.69) is 32.7 Å². The predicted octanol–water partition coefficient (Wildman–Crippen LogP) is 3.68. The van der Waals surface area contributed by atoms with Gasteiger partial charge in [-0.3, -0.25) is 0 Å². The molecule has 1 aromatic carbocycles. The third-order valence-electron chi connectivity index (χ3n) is 2.95. The van der Waals surface area contributed by atoms with Crippen LogP contribution in [0.15, 0.2) is 12.1 Å². The molecule has 1 aliphatic rings. The van der Waals surface area contributed by atoms with E-state index >= 15 is 0 Å². The molecular weight excluding hydrogens is 222 g/mol. The Hall–Kier alpha value is -0.890. The Morgan fingerprint density at radius 3 is 2.75 bits per heavy atom. The Morgan fingerprint density at radius 2 is 2.12 bits per heavy atom. The summed E-state index contributed by atoms with van der Waals surface area (Å²) in [6.45, 7) is 7.33. The predicted molar refractivity (Wildman–Crippen MR) is 68.9 cm³/mol. The first kappa shape index (κ1) is 11.6. The van der Waals surface area contributed by atoms with Gasteiger partial charge in [-0.05, 0) is 25.0 Å². The fourth-order valence-electron chi connectivity index (χ4n) is 2.16. The van der Waals surface area contributed by atoms with Crippen molar-refractivity contribution < 1.29 is 4.74 Å². The molecule has 0 saturated carbocycles. The number of benzene rings is 1. The van der Waals surface area contributed by atoms with Crippen LogP contribution in [0.1, 0.15) is 32.3 Å². The molecule has 2 nitrogen and oxygen atoms in total. The molecule has 16 heavy (non-hydrogen) atoms. The summed E-state index contributed by atoms with van der Waals surface area (Å²) in [6.07, 6.45) is 0.233. The van der Waals surface area contributed by atoms with Gasteiger partial charge in [0.05, 0.1) is 12.2 Å². The summed E-state index contributed by atoms with van der Waals surface area (Å²) in [5, 5.41) is 0.785. The van der Waals surface area contributed by atoms with Crippen LogP contribution < -0.4 is 9.64 Å². The fourth-order valence-corrected chi connectivity index (χ4v) is 2.38. The lowest BCUT2D eigenvalue weighted by Gasteiger charge is -2.34. The molecule has 88 valence electrons. The van der Waals surface area contributed by atoms with Gasteiger partial charge in [-0.1, -0.05) is 25.4 Å². The van der Waals surface area contributed by atoms with Gasteiger partial charge < -0.3 is 9.64 Å². The van der Waals surface area contributed by atoms with Gasteiger partial charge in [0, 0.05) is 17.6 Å². The van der Waals surface area contributed by atoms with Crippen molar-refractivity contribution in [2.24, 2.45) is 0 Å². The zero-order valence-corrected chi connectivity index (χ0v) is 11.0. The Kier molecular flexibility index (Phi) is 3.02. The second-order valence-electron chi connectivity index (χ2n) is 4.81. The van der Waals surface area contributed by atoms with Crippen LogP contribution in [0.2, 0.25) is 5.02 Å². The molecule has 0 fully saturated rings. The highest BCUT2D eigenvalue weighted by atomic mass is 35.5. The number of anilines is 1. The summed E-state index contributed by atoms with van der Waals surface area (Å²) in [6, 6.07) is 3.99. The van der Waals surface area contributed by atoms with Gasteiger partial charge in [0.15, 0.2) is 0 Å². The maximum Gasteiger partial charge on any atom is 0.146 e. The van der Waals surface area contributed by atoms with Gasteiger partial charge in [0.2, 0.25) is 0 Å². The van der Waals surface area contributed by atoms with Crippen LogP contribution in [0.25, 0.3) is 0 Å². The van der Waals surface area contributed by atoms with Gasteiger partial charge in [-0.15, -0.1) is 0 Å². The maximum atomic E-state index is 6.15. The zero-order chi connectivity index (χ0) is 11.9. The molecule has 1 unspecified atom stereocenters. The van der Waals surface area contributed by atoms with Crippen molar-refractivity contribution >= 4 is 17.3 Å². The third kappa shape index (κ3) is 1.99. The molecule has 0 bridgehead atoms. The summed E-state index contributed by atoms with van der Waals surface area (Å²) in [4.78, 5) is 2.21. The van der Waals surface area contributed by atoms with Crippen molar-refractivity contribution in [1.82, 2.24) is 0 Å². The number of halogens is 1. The van der Waals surface area contributed by atoms with Gasteiger partial charge in [0.25, 0.3) is 0 Å². The molecule has 1 atom stereocenters. The third-order valence-corrected chi connectivity index (χ3v) is 3.16. The topological polar surface area (TPSA) is 12.5 Å². The Bertz CT molecular complexity index is 386. The smallest absolute Gasteiger partial charge is 0.146 e. The Balaban J connectivity index is 2.56. The minimum absolute atomic E-state index is 0.233. The average Bonchev–Trinajstić information content (AvgIpc) is 2.18. The summed E-state index contributed by atoms with van der Waals surface area (Å²) in [7, 11) is 2.08. The number of ether oxygens (including phenoxy) is 1. The molecule has 1 aromatic rings. The van der Waals surface area contributed by atoms with E-state index in [0.717, 1.165) is 23.0 Å². The number of fused-ring (bicyclic) bond motifs is 1. The molecule has 2 rings (SSSR count). The summed E-state index contributed by atoms with van der Waals surface area (Å²) >= 11 is 6.15. The van der Waals surface area contributed by atoms with Crippen LogP contribution in [0.3, 0.4) is 0 Å². The molecule has 0 aromatic heterocycles. The lowest BCUT2D eigenvalue weighted by atomic mass is 10.00. The minimum atomic E-state index is 0.233. The highest BCUT2D eigenvalue weighted by Crippen LogP contribution is 2.41. The highest BCUT2D eigenvalue weighted by Gasteiger charge is 2.24. The summed E-state index contributed by atoms with van der Waals surface area (Å²) < 4.78 is 5.95. The van der Waals surface area contributed by atoms with E-state index in [9.17, 15) is 0 Å². The standard InChI is InChI=1S/C13H18ClNO/c1-8(2)11-5-10(14)6-12-13(11)16-9(3)7-15(12)4/h5-6,8-9H,7H2,1-4H3. The second-order valence-corrected chi connectivity index (χ2v) is 5.24. The normalized spacial score (nSPS) is 19.6. The van der Waals surface area contributed by atoms with Crippen molar-refractivity contribution in [1.29, 1.82) is 0 Å². The van der Waals surface area contributed by atoms with Crippen LogP contribution >= 0.6 is 11.6 Å². The van der Waals surface area contributed by atoms with Crippen LogP contribution in [0.5, 0.6) is 5.75 Å². The Morgan fingerprint density at radius 1 is 1.44 bits per heavy atom. The van der Waals surface area contributed by atoms with E-state index in [4.69, 9.17) is 16.3 Å². The van der Waals surface area contributed by atoms with E-state index in [-0.39, 0.29) is 6.10 Å². The molecule has 1 heterocycles. The van der Waals surface area contributed by atoms with Crippen molar-refractivity contribution in [3.63, 3.8) is 0 Å². The molecule has 0 N–H and O–H groups in total. The SMILES string of the molecule is CC1CN(C)c2cc(Cl)cc(C(C)C)c2O1. The van der Waals surface area contributed by atoms with Crippen molar-refractivity contribution in [2.45, 2.75) is 32.8 Å². The summed E-state index contributed by atoms with van der Waals surface area (Å²) in [5.41, 5.74) is 2.30. The van der Waals surface area contributed by atoms with Gasteiger partial charge >= 0.3 is 0 Å². The first-order chi connectivity index (χ1) is 7.49. The van der Waals surface area contributed by atoms with E-state index in [1.807, 2.05) is 12.1 Å². The van der Waals surface area contributed by atoms with E-state index in [1.54, 1.807) is 0 Å². The van der Waals surface area contributed by atoms with Crippen LogP contribution in [-0.4, -0.2) is 19.7 Å². The second kappa shape index (κ2) is 4.17. The number of hydrogen-bond acceptors (Lipinski definition) is 2. The quantitative estimate of drug-likeness (QED) is 0.741. The van der Waals surface area contributed by atoms with Gasteiger partial charge in [0.1, 0.15) is 11.9 Å². The van der Waals surface area contributed by atoms with Crippen LogP contribution in [0, 0.1) is 0 Å². The lowest BCUT2D eigenvalue weighted by Crippen LogP contribution is -2.36. The number of rotatable bonds is 1. The number of hydrogen-bond donors (Lipinski definition) is 0. The van der Waals surface area contributed by atoms with Crippen LogP contribution in [-0.2, 0) is 0 Å². The van der Waals surface area contributed by atoms with Crippen molar-refractivity contribution in [3.8, 4) is 5.75 Å². The van der Waals surface area contributed by atoms with Gasteiger partial charge in [-0.25, -0.2) is 0 Å². The molecule has 1 aliphatic heterocycles. The average molecular weight is 240 g/mol. The monoisotopic (exact) mass is 239 g/mol. The fraction of sp³-hybridized carbons (Fsp3) is 0.538. The zero-order valence-electron chi connectivity index (χ0n) is 10.2. The summed E-state index contributed by atoms with van der Waals surface area (Å²) in [5.74, 6) is 1.42. The molecule has 0 aliphatic carbocycles. The number of nitrogens with zero attached hydrogens (tertiary/aromatic N) is 1. The maximum absolute atomic E-state index is 6.15. The first-order valence-corrected chi connectivity index (χ1v) is 6.08. The van der Waals surface area contributed by atoms with E-state index in [1.165, 1.54) is 5.56 Å². The van der Waals surface area contributed by atoms with Crippen molar-refractivity contribution in [3.05, 3.63) is 22.7 Å². The number of likely N-dealkylation sites (N-methyl/N-ethyl adjacent to an activating group) is 1. The molecular formula is C13H18ClNO. The van der Waals surface area contributed by atoms with Gasteiger partial charge in [-0.2, -0.15) is 0 Å². The Labute approximate surface area is 102 Å². The van der Waals surface area contributed by atoms with Crippen LogP contribution in [0.4, 0.5) is 5.69 Å². The van der Waals surface area contributed by atoms with E-state index in [0.29, 0.717) is 5.92 Å². The molecule has 3 heteroatoms. The highest BCUT2D eigenvalue weighted by molar-refractivity contribution is 6.31. The van der Waals surface area contributed by atoms with E-state index < -0.39 is 0 Å². The first-order valence-electron chi connectivity index (χ1n) is 5.70. The molecule has 0 saturated heterocycles. The molecule has 0 spiro atoms. The lowest BCUT2D eigenvalue weighted by molar-refractivity contribution is 0.212. The largest absolute Gasteiger partial charge is 0.486 e. The van der Waals surface area contributed by atoms with Crippen molar-refractivity contribution in [2.75, 3.05) is 18.5 Å². The minimum Gasteiger partial charge on any atom is -0.486 e. The molecule has 0 amide bonds.